The highest BCUT2D eigenvalue weighted by atomic mass is 79.9. The van der Waals surface area contributed by atoms with Gasteiger partial charge in [-0.25, -0.2) is 0 Å². The first kappa shape index (κ1) is 14.4. The van der Waals surface area contributed by atoms with E-state index < -0.39 is 0 Å². The molecule has 3 aromatic rings. The van der Waals surface area contributed by atoms with Crippen LogP contribution in [0.3, 0.4) is 0 Å². The zero-order chi connectivity index (χ0) is 15.8. The molecule has 1 aliphatic rings. The molecule has 0 amide bonds. The van der Waals surface area contributed by atoms with Gasteiger partial charge < -0.3 is 0 Å². The van der Waals surface area contributed by atoms with E-state index >= 15 is 0 Å². The fourth-order valence-electron chi connectivity index (χ4n) is 3.33. The van der Waals surface area contributed by atoms with Gasteiger partial charge >= 0.3 is 0 Å². The summed E-state index contributed by atoms with van der Waals surface area (Å²) in [7, 11) is 0. The molecule has 0 radical (unpaired) electrons. The summed E-state index contributed by atoms with van der Waals surface area (Å²) in [6.07, 6.45) is 5.70. The molecule has 0 saturated carbocycles. The first-order valence-corrected chi connectivity index (χ1v) is 8.53. The number of carbonyl (C=O) groups excluding carboxylic acids is 1. The number of hydrogen-bond donors (Lipinski definition) is 0. The molecular formula is C21H15BrO. The standard InChI is InChI=1S/C21H15BrO/c22-17-5-1-3-14(13-17)7-12-20(23)18-11-10-16-9-8-15-4-2-6-19(18)21(15)16/h1-7,10-13H,8-9H2. The molecule has 0 aliphatic heterocycles. The van der Waals surface area contributed by atoms with Crippen LogP contribution in [0.25, 0.3) is 16.8 Å². The number of aryl methyl sites for hydroxylation is 2. The summed E-state index contributed by atoms with van der Waals surface area (Å²) >= 11 is 3.45. The van der Waals surface area contributed by atoms with Crippen molar-refractivity contribution >= 4 is 38.6 Å². The Morgan fingerprint density at radius 1 is 0.957 bits per heavy atom. The predicted octanol–water partition coefficient (Wildman–Crippen LogP) is 5.60. The number of hydrogen-bond acceptors (Lipinski definition) is 1. The van der Waals surface area contributed by atoms with Gasteiger partial charge in [0.05, 0.1) is 0 Å². The smallest absolute Gasteiger partial charge is 0.186 e. The molecule has 4 rings (SSSR count). The second-order valence-corrected chi connectivity index (χ2v) is 6.78. The van der Waals surface area contributed by atoms with Crippen molar-refractivity contribution in [3.8, 4) is 0 Å². The lowest BCUT2D eigenvalue weighted by atomic mass is 9.97. The van der Waals surface area contributed by atoms with Crippen molar-refractivity contribution in [2.75, 3.05) is 0 Å². The zero-order valence-electron chi connectivity index (χ0n) is 12.6. The van der Waals surface area contributed by atoms with Crippen LogP contribution in [0.1, 0.15) is 27.0 Å². The molecule has 2 heteroatoms. The average Bonchev–Trinajstić information content (AvgIpc) is 2.98. The van der Waals surface area contributed by atoms with E-state index in [9.17, 15) is 4.79 Å². The largest absolute Gasteiger partial charge is 0.289 e. The molecule has 0 aromatic heterocycles. The minimum Gasteiger partial charge on any atom is -0.289 e. The van der Waals surface area contributed by atoms with Crippen LogP contribution in [0.4, 0.5) is 0 Å². The molecular weight excluding hydrogens is 348 g/mol. The SMILES string of the molecule is O=C(C=Cc1cccc(Br)c1)c1ccc2c3c(cccc13)CC2. The number of ketones is 1. The van der Waals surface area contributed by atoms with Crippen molar-refractivity contribution in [3.63, 3.8) is 0 Å². The van der Waals surface area contributed by atoms with Gasteiger partial charge in [-0.2, -0.15) is 0 Å². The van der Waals surface area contributed by atoms with Crippen LogP contribution in [0, 0.1) is 0 Å². The van der Waals surface area contributed by atoms with Crippen molar-refractivity contribution in [2.45, 2.75) is 12.8 Å². The molecule has 0 heterocycles. The summed E-state index contributed by atoms with van der Waals surface area (Å²) in [6, 6.07) is 18.3. The van der Waals surface area contributed by atoms with Crippen LogP contribution in [0.15, 0.2) is 65.1 Å². The summed E-state index contributed by atoms with van der Waals surface area (Å²) in [5, 5.41) is 2.37. The minimum absolute atomic E-state index is 0.0561. The zero-order valence-corrected chi connectivity index (χ0v) is 14.1. The second-order valence-electron chi connectivity index (χ2n) is 5.86. The summed E-state index contributed by atoms with van der Waals surface area (Å²) in [4.78, 5) is 12.7. The van der Waals surface area contributed by atoms with Crippen molar-refractivity contribution < 1.29 is 4.79 Å². The van der Waals surface area contributed by atoms with Crippen molar-refractivity contribution in [2.24, 2.45) is 0 Å². The Balaban J connectivity index is 1.74. The Morgan fingerprint density at radius 3 is 2.57 bits per heavy atom. The molecule has 1 aliphatic carbocycles. The van der Waals surface area contributed by atoms with E-state index in [0.717, 1.165) is 33.8 Å². The molecule has 0 unspecified atom stereocenters. The Bertz CT molecular complexity index is 943. The van der Waals surface area contributed by atoms with E-state index in [0.29, 0.717) is 0 Å². The van der Waals surface area contributed by atoms with Gasteiger partial charge in [0.2, 0.25) is 0 Å². The van der Waals surface area contributed by atoms with E-state index in [1.807, 2.05) is 36.4 Å². The van der Waals surface area contributed by atoms with E-state index in [-0.39, 0.29) is 5.78 Å². The van der Waals surface area contributed by atoms with E-state index in [4.69, 9.17) is 0 Å². The van der Waals surface area contributed by atoms with Gasteiger partial charge in [0.15, 0.2) is 5.78 Å². The monoisotopic (exact) mass is 362 g/mol. The molecule has 0 bridgehead atoms. The van der Waals surface area contributed by atoms with Crippen molar-refractivity contribution in [1.29, 1.82) is 0 Å². The van der Waals surface area contributed by atoms with Crippen molar-refractivity contribution in [3.05, 3.63) is 87.4 Å². The summed E-state index contributed by atoms with van der Waals surface area (Å²) < 4.78 is 1.01. The quantitative estimate of drug-likeness (QED) is 0.437. The van der Waals surface area contributed by atoms with E-state index in [1.54, 1.807) is 6.08 Å². The molecule has 3 aromatic carbocycles. The summed E-state index contributed by atoms with van der Waals surface area (Å²) in [5.41, 5.74) is 4.53. The highest BCUT2D eigenvalue weighted by molar-refractivity contribution is 9.10. The lowest BCUT2D eigenvalue weighted by molar-refractivity contribution is 0.104. The Kier molecular flexibility index (Phi) is 3.62. The van der Waals surface area contributed by atoms with Crippen LogP contribution in [-0.4, -0.2) is 5.78 Å². The first-order valence-electron chi connectivity index (χ1n) is 7.74. The number of carbonyl (C=O) groups is 1. The van der Waals surface area contributed by atoms with Gasteiger partial charge in [0, 0.05) is 10.0 Å². The van der Waals surface area contributed by atoms with Gasteiger partial charge in [-0.1, -0.05) is 64.5 Å². The highest BCUT2D eigenvalue weighted by Gasteiger charge is 2.17. The third-order valence-electron chi connectivity index (χ3n) is 4.42. The minimum atomic E-state index is 0.0561. The molecule has 1 nitrogen and oxygen atoms in total. The highest BCUT2D eigenvalue weighted by Crippen LogP contribution is 2.33. The maximum atomic E-state index is 12.7. The normalized spacial score (nSPS) is 13.1. The molecule has 0 spiro atoms. The van der Waals surface area contributed by atoms with Crippen LogP contribution in [-0.2, 0) is 12.8 Å². The first-order chi connectivity index (χ1) is 11.2. The molecule has 0 fully saturated rings. The number of halogens is 1. The van der Waals surface area contributed by atoms with Gasteiger partial charge in [-0.05, 0) is 58.5 Å². The third-order valence-corrected chi connectivity index (χ3v) is 4.91. The second kappa shape index (κ2) is 5.78. The average molecular weight is 363 g/mol. The van der Waals surface area contributed by atoms with Crippen LogP contribution < -0.4 is 0 Å². The predicted molar refractivity (Wildman–Crippen MR) is 98.9 cm³/mol. The maximum absolute atomic E-state index is 12.7. The molecule has 0 N–H and O–H groups in total. The van der Waals surface area contributed by atoms with Crippen LogP contribution in [0.2, 0.25) is 0 Å². The van der Waals surface area contributed by atoms with Crippen LogP contribution in [0.5, 0.6) is 0 Å². The van der Waals surface area contributed by atoms with Gasteiger partial charge in [-0.15, -0.1) is 0 Å². The number of allylic oxidation sites excluding steroid dienone is 1. The number of benzene rings is 3. The van der Waals surface area contributed by atoms with Gasteiger partial charge in [0.25, 0.3) is 0 Å². The van der Waals surface area contributed by atoms with Crippen molar-refractivity contribution in [1.82, 2.24) is 0 Å². The van der Waals surface area contributed by atoms with E-state index in [2.05, 4.69) is 40.2 Å². The van der Waals surface area contributed by atoms with Gasteiger partial charge in [0.1, 0.15) is 0 Å². The molecule has 112 valence electrons. The lowest BCUT2D eigenvalue weighted by Crippen LogP contribution is -1.96. The topological polar surface area (TPSA) is 17.1 Å². The van der Waals surface area contributed by atoms with Crippen LogP contribution >= 0.6 is 15.9 Å². The maximum Gasteiger partial charge on any atom is 0.186 e. The Labute approximate surface area is 143 Å². The molecule has 0 saturated heterocycles. The third kappa shape index (κ3) is 2.64. The van der Waals surface area contributed by atoms with Gasteiger partial charge in [-0.3, -0.25) is 4.79 Å². The lowest BCUT2D eigenvalue weighted by Gasteiger charge is -2.06. The fraction of sp³-hybridized carbons (Fsp3) is 0.0952. The van der Waals surface area contributed by atoms with E-state index in [1.165, 1.54) is 16.5 Å². The Morgan fingerprint density at radius 2 is 1.74 bits per heavy atom. The molecule has 23 heavy (non-hydrogen) atoms. The number of rotatable bonds is 3. The summed E-state index contributed by atoms with van der Waals surface area (Å²) in [6.45, 7) is 0. The fourth-order valence-corrected chi connectivity index (χ4v) is 3.75. The Hall–Kier alpha value is -2.19. The molecule has 0 atom stereocenters. The summed E-state index contributed by atoms with van der Waals surface area (Å²) in [5.74, 6) is 0.0561.